The quantitative estimate of drug-likeness (QED) is 0.608. The summed E-state index contributed by atoms with van der Waals surface area (Å²) in [7, 11) is 0. The van der Waals surface area contributed by atoms with E-state index in [0.29, 0.717) is 18.5 Å². The third-order valence-electron chi connectivity index (χ3n) is 4.57. The minimum absolute atomic E-state index is 0.0455. The molecule has 0 bridgehead atoms. The van der Waals surface area contributed by atoms with Gasteiger partial charge in [-0.1, -0.05) is 12.1 Å². The fourth-order valence-electron chi connectivity index (χ4n) is 3.17. The molecule has 0 radical (unpaired) electrons. The van der Waals surface area contributed by atoms with Crippen LogP contribution in [-0.2, 0) is 17.4 Å². The van der Waals surface area contributed by atoms with E-state index in [9.17, 15) is 27.6 Å². The Morgan fingerprint density at radius 3 is 2.61 bits per heavy atom. The second kappa shape index (κ2) is 7.84. The first kappa shape index (κ1) is 19.6. The van der Waals surface area contributed by atoms with Gasteiger partial charge in [0, 0.05) is 30.8 Å². The van der Waals surface area contributed by atoms with Gasteiger partial charge in [-0.25, -0.2) is 0 Å². The van der Waals surface area contributed by atoms with Gasteiger partial charge >= 0.3 is 6.18 Å². The highest BCUT2D eigenvalue weighted by Crippen LogP contribution is 2.32. The van der Waals surface area contributed by atoms with Crippen molar-refractivity contribution >= 4 is 23.8 Å². The lowest BCUT2D eigenvalue weighted by Crippen LogP contribution is -2.28. The Kier molecular flexibility index (Phi) is 5.48. The van der Waals surface area contributed by atoms with Gasteiger partial charge in [0.2, 0.25) is 6.41 Å². The zero-order valence-electron chi connectivity index (χ0n) is 14.8. The topological polar surface area (TPSA) is 66.5 Å². The maximum atomic E-state index is 13.0. The summed E-state index contributed by atoms with van der Waals surface area (Å²) in [6.07, 6.45) is -3.29. The summed E-state index contributed by atoms with van der Waals surface area (Å²) in [5, 5.41) is 2.37. The van der Waals surface area contributed by atoms with E-state index in [1.807, 2.05) is 0 Å². The normalized spacial score (nSPS) is 13.2. The van der Waals surface area contributed by atoms with E-state index in [1.165, 1.54) is 12.1 Å². The van der Waals surface area contributed by atoms with Crippen LogP contribution in [0.15, 0.2) is 42.5 Å². The van der Waals surface area contributed by atoms with Crippen molar-refractivity contribution in [3.8, 4) is 0 Å². The van der Waals surface area contributed by atoms with Gasteiger partial charge in [-0.3, -0.25) is 14.4 Å². The number of rotatable bonds is 6. The monoisotopic (exact) mass is 390 g/mol. The molecule has 3 rings (SSSR count). The van der Waals surface area contributed by atoms with Crippen molar-refractivity contribution in [2.45, 2.75) is 19.0 Å². The SMILES string of the molecule is O=CN1CCc2cc(C(=O)CCNC(=O)c3ccccc3C(F)(F)F)ccc21. The number of anilines is 1. The molecule has 2 aromatic carbocycles. The van der Waals surface area contributed by atoms with Crippen LogP contribution in [0.5, 0.6) is 0 Å². The molecule has 1 aliphatic rings. The zero-order valence-corrected chi connectivity index (χ0v) is 14.8. The first-order valence-corrected chi connectivity index (χ1v) is 8.63. The van der Waals surface area contributed by atoms with Crippen LogP contribution in [0.2, 0.25) is 0 Å². The molecule has 0 aliphatic carbocycles. The molecule has 0 saturated heterocycles. The van der Waals surface area contributed by atoms with Gasteiger partial charge in [0.05, 0.1) is 11.1 Å². The molecular formula is C20H17F3N2O3. The highest BCUT2D eigenvalue weighted by Gasteiger charge is 2.34. The lowest BCUT2D eigenvalue weighted by molar-refractivity contribution is -0.138. The molecule has 0 unspecified atom stereocenters. The minimum Gasteiger partial charge on any atom is -0.352 e. The molecule has 0 spiro atoms. The number of halogens is 3. The van der Waals surface area contributed by atoms with E-state index in [1.54, 1.807) is 23.1 Å². The molecule has 1 N–H and O–H groups in total. The van der Waals surface area contributed by atoms with Gasteiger partial charge in [0.25, 0.3) is 5.91 Å². The van der Waals surface area contributed by atoms with Crippen molar-refractivity contribution in [3.63, 3.8) is 0 Å². The number of fused-ring (bicyclic) bond motifs is 1. The minimum atomic E-state index is -4.64. The molecule has 1 heterocycles. The number of nitrogens with one attached hydrogen (secondary N) is 1. The smallest absolute Gasteiger partial charge is 0.352 e. The maximum absolute atomic E-state index is 13.0. The fraction of sp³-hybridized carbons (Fsp3) is 0.250. The Hall–Kier alpha value is -3.16. The van der Waals surface area contributed by atoms with Crippen molar-refractivity contribution in [3.05, 3.63) is 64.7 Å². The van der Waals surface area contributed by atoms with E-state index < -0.39 is 23.2 Å². The summed E-state index contributed by atoms with van der Waals surface area (Å²) in [5.41, 5.74) is 0.604. The van der Waals surface area contributed by atoms with Gasteiger partial charge in [0.15, 0.2) is 5.78 Å². The summed E-state index contributed by atoms with van der Waals surface area (Å²) in [4.78, 5) is 36.9. The van der Waals surface area contributed by atoms with Gasteiger partial charge in [-0.15, -0.1) is 0 Å². The summed E-state index contributed by atoms with van der Waals surface area (Å²) >= 11 is 0. The van der Waals surface area contributed by atoms with Crippen LogP contribution in [0.4, 0.5) is 18.9 Å². The number of carbonyl (C=O) groups excluding carboxylic acids is 3. The van der Waals surface area contributed by atoms with Crippen LogP contribution in [0.1, 0.15) is 38.3 Å². The van der Waals surface area contributed by atoms with E-state index in [2.05, 4.69) is 5.32 Å². The van der Waals surface area contributed by atoms with Crippen molar-refractivity contribution < 1.29 is 27.6 Å². The first-order chi connectivity index (χ1) is 13.3. The van der Waals surface area contributed by atoms with E-state index in [4.69, 9.17) is 0 Å². The van der Waals surface area contributed by atoms with E-state index in [0.717, 1.165) is 29.8 Å². The number of benzene rings is 2. The molecule has 0 atom stereocenters. The van der Waals surface area contributed by atoms with Crippen molar-refractivity contribution in [2.75, 3.05) is 18.0 Å². The number of hydrogen-bond acceptors (Lipinski definition) is 3. The Morgan fingerprint density at radius 1 is 1.14 bits per heavy atom. The largest absolute Gasteiger partial charge is 0.417 e. The van der Waals surface area contributed by atoms with E-state index in [-0.39, 0.29) is 18.7 Å². The number of Topliss-reactive ketones (excluding diaryl/α,β-unsaturated/α-hetero) is 1. The summed E-state index contributed by atoms with van der Waals surface area (Å²) in [6.45, 7) is 0.479. The van der Waals surface area contributed by atoms with Crippen LogP contribution in [0.25, 0.3) is 0 Å². The van der Waals surface area contributed by atoms with Crippen LogP contribution >= 0.6 is 0 Å². The third kappa shape index (κ3) is 4.05. The Morgan fingerprint density at radius 2 is 1.89 bits per heavy atom. The fourth-order valence-corrected chi connectivity index (χ4v) is 3.17. The Labute approximate surface area is 159 Å². The zero-order chi connectivity index (χ0) is 20.3. The van der Waals surface area contributed by atoms with Crippen LogP contribution in [-0.4, -0.2) is 31.2 Å². The Balaban J connectivity index is 1.61. The second-order valence-electron chi connectivity index (χ2n) is 6.36. The van der Waals surface area contributed by atoms with Crippen molar-refractivity contribution in [2.24, 2.45) is 0 Å². The molecule has 2 aromatic rings. The molecule has 28 heavy (non-hydrogen) atoms. The average Bonchev–Trinajstić information content (AvgIpc) is 3.09. The number of alkyl halides is 3. The molecule has 0 fully saturated rings. The van der Waals surface area contributed by atoms with E-state index >= 15 is 0 Å². The van der Waals surface area contributed by atoms with Crippen LogP contribution in [0.3, 0.4) is 0 Å². The standard InChI is InChI=1S/C20H17F3N2O3/c21-20(22,23)16-4-2-1-3-15(16)19(28)24-9-7-18(27)14-5-6-17-13(11-14)8-10-25(17)12-26/h1-6,11-12H,7-10H2,(H,24,28). The Bertz CT molecular complexity index is 925. The van der Waals surface area contributed by atoms with Crippen molar-refractivity contribution in [1.29, 1.82) is 0 Å². The van der Waals surface area contributed by atoms with Crippen LogP contribution in [0, 0.1) is 0 Å². The molecular weight excluding hydrogens is 373 g/mol. The molecule has 146 valence electrons. The number of hydrogen-bond donors (Lipinski definition) is 1. The first-order valence-electron chi connectivity index (χ1n) is 8.63. The molecule has 5 nitrogen and oxygen atoms in total. The highest BCUT2D eigenvalue weighted by atomic mass is 19.4. The molecule has 8 heteroatoms. The molecule has 0 aromatic heterocycles. The highest BCUT2D eigenvalue weighted by molar-refractivity contribution is 5.99. The molecule has 0 saturated carbocycles. The average molecular weight is 390 g/mol. The molecule has 1 aliphatic heterocycles. The lowest BCUT2D eigenvalue weighted by atomic mass is 10.0. The predicted molar refractivity (Wildman–Crippen MR) is 96.3 cm³/mol. The summed E-state index contributed by atoms with van der Waals surface area (Å²) < 4.78 is 39.0. The molecule has 2 amide bonds. The lowest BCUT2D eigenvalue weighted by Gasteiger charge is -2.12. The number of ketones is 1. The number of carbonyl (C=O) groups is 3. The predicted octanol–water partition coefficient (Wildman–Crippen LogP) is 3.23. The van der Waals surface area contributed by atoms with Gasteiger partial charge < -0.3 is 10.2 Å². The van der Waals surface area contributed by atoms with Gasteiger partial charge in [-0.2, -0.15) is 13.2 Å². The number of amides is 2. The maximum Gasteiger partial charge on any atom is 0.417 e. The second-order valence-corrected chi connectivity index (χ2v) is 6.36. The summed E-state index contributed by atoms with van der Waals surface area (Å²) in [6, 6.07) is 9.51. The van der Waals surface area contributed by atoms with Crippen LogP contribution < -0.4 is 10.2 Å². The third-order valence-corrected chi connectivity index (χ3v) is 4.57. The summed E-state index contributed by atoms with van der Waals surface area (Å²) in [5.74, 6) is -1.12. The van der Waals surface area contributed by atoms with Crippen molar-refractivity contribution in [1.82, 2.24) is 5.32 Å². The van der Waals surface area contributed by atoms with Gasteiger partial charge in [-0.05, 0) is 42.3 Å². The number of nitrogens with zero attached hydrogens (tertiary/aromatic N) is 1. The van der Waals surface area contributed by atoms with Gasteiger partial charge in [0.1, 0.15) is 0 Å².